The summed E-state index contributed by atoms with van der Waals surface area (Å²) in [5.41, 5.74) is 5.40. The first-order valence-electron chi connectivity index (χ1n) is 9.38. The van der Waals surface area contributed by atoms with Gasteiger partial charge in [-0.15, -0.1) is 5.10 Å². The van der Waals surface area contributed by atoms with Gasteiger partial charge in [0, 0.05) is 36.3 Å². The minimum Gasteiger partial charge on any atom is -0.483 e. The van der Waals surface area contributed by atoms with Crippen molar-refractivity contribution in [1.82, 2.24) is 35.1 Å². The van der Waals surface area contributed by atoms with E-state index in [0.29, 0.717) is 24.4 Å². The summed E-state index contributed by atoms with van der Waals surface area (Å²) in [6.07, 6.45) is 1.50. The van der Waals surface area contributed by atoms with E-state index >= 15 is 0 Å². The third kappa shape index (κ3) is 3.62. The smallest absolute Gasteiger partial charge is 0.290 e. The number of carbonyl (C=O) groups excluding carboxylic acids is 1. The first-order chi connectivity index (χ1) is 14.7. The predicted molar refractivity (Wildman–Crippen MR) is 107 cm³/mol. The van der Waals surface area contributed by atoms with E-state index in [-0.39, 0.29) is 12.4 Å². The second-order valence-electron chi connectivity index (χ2n) is 6.65. The van der Waals surface area contributed by atoms with Crippen LogP contribution in [0, 0.1) is 0 Å². The third-order valence-corrected chi connectivity index (χ3v) is 4.99. The number of aromatic nitrogens is 6. The molecule has 0 fully saturated rings. The van der Waals surface area contributed by atoms with Gasteiger partial charge >= 0.3 is 0 Å². The Bertz CT molecular complexity index is 1170. The van der Waals surface area contributed by atoms with Crippen LogP contribution in [0.2, 0.25) is 0 Å². The Labute approximate surface area is 171 Å². The van der Waals surface area contributed by atoms with Crippen LogP contribution in [0.4, 0.5) is 0 Å². The molecule has 0 spiro atoms. The zero-order valence-corrected chi connectivity index (χ0v) is 16.0. The van der Waals surface area contributed by atoms with Crippen LogP contribution >= 0.6 is 0 Å². The van der Waals surface area contributed by atoms with Gasteiger partial charge in [0.15, 0.2) is 5.65 Å². The summed E-state index contributed by atoms with van der Waals surface area (Å²) in [7, 11) is 0. The van der Waals surface area contributed by atoms with Gasteiger partial charge in [-0.2, -0.15) is 9.61 Å². The van der Waals surface area contributed by atoms with Crippen LogP contribution in [0.5, 0.6) is 0 Å². The predicted octanol–water partition coefficient (Wildman–Crippen LogP) is 1.46. The molecule has 10 nitrogen and oxygen atoms in total. The quantitative estimate of drug-likeness (QED) is 0.483. The summed E-state index contributed by atoms with van der Waals surface area (Å²) in [5, 5.41) is 26.1. The number of H-pyrrole nitrogens is 1. The average molecular weight is 405 g/mol. The summed E-state index contributed by atoms with van der Waals surface area (Å²) in [6.45, 7) is 1.00. The van der Waals surface area contributed by atoms with E-state index in [1.54, 1.807) is 18.2 Å². The van der Waals surface area contributed by atoms with Gasteiger partial charge in [0.1, 0.15) is 5.69 Å². The van der Waals surface area contributed by atoms with Gasteiger partial charge in [-0.25, -0.2) is 0 Å². The lowest BCUT2D eigenvalue weighted by Crippen LogP contribution is -2.34. The van der Waals surface area contributed by atoms with Gasteiger partial charge in [0.2, 0.25) is 0 Å². The third-order valence-electron chi connectivity index (χ3n) is 4.99. The summed E-state index contributed by atoms with van der Waals surface area (Å²) < 4.78 is 1.49. The number of carbonyl (C=O) groups is 2. The van der Waals surface area contributed by atoms with Crippen LogP contribution in [0.15, 0.2) is 48.5 Å². The Morgan fingerprint density at radius 2 is 1.83 bits per heavy atom. The summed E-state index contributed by atoms with van der Waals surface area (Å²) in [5.74, 6) is -0.0627. The van der Waals surface area contributed by atoms with Gasteiger partial charge in [0.25, 0.3) is 12.4 Å². The number of nitrogens with zero attached hydrogens (tertiary/aromatic N) is 6. The minimum atomic E-state index is -0.250. The largest absolute Gasteiger partial charge is 0.483 e. The van der Waals surface area contributed by atoms with Crippen molar-refractivity contribution in [1.29, 1.82) is 0 Å². The van der Waals surface area contributed by atoms with E-state index in [1.807, 2.05) is 23.1 Å². The molecule has 0 saturated heterocycles. The molecule has 0 unspecified atom stereocenters. The second kappa shape index (κ2) is 8.52. The molecule has 30 heavy (non-hydrogen) atoms. The molecule has 10 heteroatoms. The number of carboxylic acid groups (broad SMARTS) is 1. The number of benzene rings is 1. The maximum Gasteiger partial charge on any atom is 0.290 e. The number of hydrogen-bond acceptors (Lipinski definition) is 6. The molecule has 3 aromatic heterocycles. The molecule has 1 aromatic carbocycles. The van der Waals surface area contributed by atoms with Crippen LogP contribution in [-0.2, 0) is 17.6 Å². The molecule has 5 rings (SSSR count). The van der Waals surface area contributed by atoms with Gasteiger partial charge in [-0.3, -0.25) is 14.7 Å². The van der Waals surface area contributed by atoms with Gasteiger partial charge in [-0.1, -0.05) is 36.4 Å². The lowest BCUT2D eigenvalue weighted by Gasteiger charge is -2.20. The van der Waals surface area contributed by atoms with E-state index in [2.05, 4.69) is 37.9 Å². The number of hydrogen-bond donors (Lipinski definition) is 2. The van der Waals surface area contributed by atoms with E-state index in [4.69, 9.17) is 9.90 Å². The molecular weight excluding hydrogens is 386 g/mol. The molecule has 1 amide bonds. The number of fused-ring (bicyclic) bond motifs is 2. The second-order valence-corrected chi connectivity index (χ2v) is 6.65. The normalized spacial score (nSPS) is 13.1. The van der Waals surface area contributed by atoms with E-state index in [1.165, 1.54) is 10.1 Å². The fourth-order valence-corrected chi connectivity index (χ4v) is 3.61. The van der Waals surface area contributed by atoms with Crippen LogP contribution in [-0.4, -0.2) is 65.7 Å². The van der Waals surface area contributed by atoms with E-state index in [0.717, 1.165) is 29.8 Å². The number of rotatable bonds is 2. The van der Waals surface area contributed by atoms with Crippen molar-refractivity contribution in [3.05, 3.63) is 65.5 Å². The number of nitrogens with one attached hydrogen (secondary N) is 1. The monoisotopic (exact) mass is 405 g/mol. The molecule has 0 saturated carbocycles. The number of amides is 1. The van der Waals surface area contributed by atoms with E-state index < -0.39 is 0 Å². The molecule has 0 radical (unpaired) electrons. The van der Waals surface area contributed by atoms with Crippen LogP contribution in [0.1, 0.15) is 21.7 Å². The standard InChI is InChI=1S/C19H17N7O.CH2O2/c27-19(16-7-4-8-17-21-23-24-26(16)17)25-11-9-14-15(10-12-25)20-22-18(14)13-5-2-1-3-6-13;2-1-3/h1-8H,9-12H2,(H,20,22);1H,(H,2,3). The molecule has 0 bridgehead atoms. The first kappa shape index (κ1) is 19.2. The molecule has 4 aromatic rings. The van der Waals surface area contributed by atoms with Crippen molar-refractivity contribution in [3.63, 3.8) is 0 Å². The molecule has 1 aliphatic rings. The topological polar surface area (TPSA) is 129 Å². The minimum absolute atomic E-state index is 0.0627. The molecular formula is C20H19N7O3. The van der Waals surface area contributed by atoms with Gasteiger partial charge in [-0.05, 0) is 29.0 Å². The van der Waals surface area contributed by atoms with E-state index in [9.17, 15) is 4.79 Å². The average Bonchev–Trinajstić information content (AvgIpc) is 3.36. The van der Waals surface area contributed by atoms with Crippen molar-refractivity contribution in [3.8, 4) is 11.3 Å². The van der Waals surface area contributed by atoms with Crippen molar-refractivity contribution < 1.29 is 14.7 Å². The zero-order valence-electron chi connectivity index (χ0n) is 16.0. The Hall–Kier alpha value is -4.08. The maximum absolute atomic E-state index is 13.1. The first-order valence-corrected chi connectivity index (χ1v) is 9.38. The lowest BCUT2D eigenvalue weighted by atomic mass is 10.0. The highest BCUT2D eigenvalue weighted by atomic mass is 16.3. The lowest BCUT2D eigenvalue weighted by molar-refractivity contribution is -0.122. The number of tetrazole rings is 1. The summed E-state index contributed by atoms with van der Waals surface area (Å²) in [4.78, 5) is 23.3. The Morgan fingerprint density at radius 1 is 1.07 bits per heavy atom. The van der Waals surface area contributed by atoms with Crippen molar-refractivity contribution in [2.24, 2.45) is 0 Å². The van der Waals surface area contributed by atoms with Gasteiger partial charge in [0.05, 0.1) is 5.69 Å². The maximum atomic E-state index is 13.1. The molecule has 0 aliphatic carbocycles. The van der Waals surface area contributed by atoms with Crippen LogP contribution < -0.4 is 0 Å². The van der Waals surface area contributed by atoms with Crippen molar-refractivity contribution in [2.75, 3.05) is 13.1 Å². The highest BCUT2D eigenvalue weighted by Crippen LogP contribution is 2.26. The SMILES string of the molecule is O=C(c1cccc2nnnn12)N1CCc2[nH]nc(-c3ccccc3)c2CC1.O=CO. The Kier molecular flexibility index (Phi) is 5.46. The molecule has 1 aliphatic heterocycles. The highest BCUT2D eigenvalue weighted by Gasteiger charge is 2.25. The Morgan fingerprint density at radius 3 is 2.63 bits per heavy atom. The fourth-order valence-electron chi connectivity index (χ4n) is 3.61. The van der Waals surface area contributed by atoms with Crippen molar-refractivity contribution in [2.45, 2.75) is 12.8 Å². The summed E-state index contributed by atoms with van der Waals surface area (Å²) >= 11 is 0. The van der Waals surface area contributed by atoms with Gasteiger partial charge < -0.3 is 10.0 Å². The van der Waals surface area contributed by atoms with Crippen LogP contribution in [0.3, 0.4) is 0 Å². The molecule has 152 valence electrons. The number of aromatic amines is 1. The zero-order chi connectivity index (χ0) is 20.9. The fraction of sp³-hybridized carbons (Fsp3) is 0.200. The molecule has 4 heterocycles. The molecule has 2 N–H and O–H groups in total. The van der Waals surface area contributed by atoms with Crippen molar-refractivity contribution >= 4 is 18.0 Å². The molecule has 0 atom stereocenters. The van der Waals surface area contributed by atoms with Crippen LogP contribution in [0.25, 0.3) is 16.9 Å². The Balaban J connectivity index is 0.000000687. The number of pyridine rings is 1. The summed E-state index contributed by atoms with van der Waals surface area (Å²) in [6, 6.07) is 15.5. The highest BCUT2D eigenvalue weighted by molar-refractivity contribution is 5.93.